The van der Waals surface area contributed by atoms with Gasteiger partial charge in [0.05, 0.1) is 0 Å². The molecule has 0 bridgehead atoms. The topological polar surface area (TPSA) is 0 Å². The highest BCUT2D eigenvalue weighted by atomic mass is 14.1. The van der Waals surface area contributed by atoms with E-state index in [9.17, 15) is 0 Å². The van der Waals surface area contributed by atoms with E-state index in [-0.39, 0.29) is 0 Å². The second-order valence-corrected chi connectivity index (χ2v) is 3.55. The van der Waals surface area contributed by atoms with Crippen molar-refractivity contribution in [3.8, 4) is 0 Å². The molecule has 0 aliphatic heterocycles. The normalized spacial score (nSPS) is 20.5. The molecule has 1 aliphatic rings. The first-order valence-corrected chi connectivity index (χ1v) is 4.80. The van der Waals surface area contributed by atoms with Gasteiger partial charge >= 0.3 is 0 Å². The predicted octanol–water partition coefficient (Wildman–Crippen LogP) is 3.76. The molecule has 1 atom stereocenters. The summed E-state index contributed by atoms with van der Waals surface area (Å²) in [6, 6.07) is 8.63. The molecule has 0 amide bonds. The van der Waals surface area contributed by atoms with Crippen LogP contribution in [-0.4, -0.2) is 0 Å². The van der Waals surface area contributed by atoms with Crippen molar-refractivity contribution in [2.75, 3.05) is 0 Å². The van der Waals surface area contributed by atoms with Crippen molar-refractivity contribution in [1.29, 1.82) is 0 Å². The molecule has 0 aromatic heterocycles. The molecule has 0 heteroatoms. The van der Waals surface area contributed by atoms with E-state index in [1.807, 2.05) is 0 Å². The lowest BCUT2D eigenvalue weighted by Crippen LogP contribution is -1.95. The van der Waals surface area contributed by atoms with Crippen molar-refractivity contribution >= 4 is 6.08 Å². The molecule has 0 heterocycles. The second kappa shape index (κ2) is 3.61. The van der Waals surface area contributed by atoms with Crippen LogP contribution >= 0.6 is 0 Å². The molecule has 0 spiro atoms. The Morgan fingerprint density at radius 1 is 1.15 bits per heavy atom. The number of hydrogen-bond acceptors (Lipinski definition) is 0. The van der Waals surface area contributed by atoms with Crippen LogP contribution in [0, 0.1) is 0 Å². The maximum atomic E-state index is 2.28. The molecule has 0 saturated heterocycles. The fourth-order valence-corrected chi connectivity index (χ4v) is 1.76. The second-order valence-electron chi connectivity index (χ2n) is 3.55. The first kappa shape index (κ1) is 8.31. The Labute approximate surface area is 79.6 Å². The molecule has 1 unspecified atom stereocenters. The predicted molar refractivity (Wildman–Crippen MR) is 57.6 cm³/mol. The molecule has 2 rings (SSSR count). The number of fused-ring (bicyclic) bond motifs is 1. The van der Waals surface area contributed by atoms with Crippen LogP contribution in [0.15, 0.2) is 42.5 Å². The summed E-state index contributed by atoms with van der Waals surface area (Å²) in [7, 11) is 0. The van der Waals surface area contributed by atoms with Crippen molar-refractivity contribution in [1.82, 2.24) is 0 Å². The van der Waals surface area contributed by atoms with Crippen LogP contribution < -0.4 is 0 Å². The van der Waals surface area contributed by atoms with Crippen LogP contribution in [0.5, 0.6) is 0 Å². The maximum Gasteiger partial charge on any atom is -0.0150 e. The highest BCUT2D eigenvalue weighted by Crippen LogP contribution is 2.25. The Morgan fingerprint density at radius 2 is 2.00 bits per heavy atom. The number of rotatable bonds is 0. The molecule has 66 valence electrons. The Balaban J connectivity index is 2.49. The van der Waals surface area contributed by atoms with Gasteiger partial charge in [-0.05, 0) is 23.5 Å². The summed E-state index contributed by atoms with van der Waals surface area (Å²) in [6.45, 7) is 2.28. The third-order valence-electron chi connectivity index (χ3n) is 2.54. The molecule has 1 aromatic rings. The lowest BCUT2D eigenvalue weighted by molar-refractivity contribution is 0.778. The number of benzene rings is 1. The Morgan fingerprint density at radius 3 is 2.92 bits per heavy atom. The van der Waals surface area contributed by atoms with Crippen molar-refractivity contribution in [3.05, 3.63) is 53.6 Å². The highest BCUT2D eigenvalue weighted by molar-refractivity contribution is 5.56. The summed E-state index contributed by atoms with van der Waals surface area (Å²) >= 11 is 0. The van der Waals surface area contributed by atoms with E-state index in [2.05, 4.69) is 55.5 Å². The first-order chi connectivity index (χ1) is 6.38. The lowest BCUT2D eigenvalue weighted by Gasteiger charge is -2.13. The van der Waals surface area contributed by atoms with Gasteiger partial charge in [-0.2, -0.15) is 0 Å². The minimum absolute atomic E-state index is 0.636. The Bertz CT molecular complexity index is 345. The number of hydrogen-bond donors (Lipinski definition) is 0. The quantitative estimate of drug-likeness (QED) is 0.556. The number of allylic oxidation sites excluding steroid dienone is 3. The largest absolute Gasteiger partial charge is 0.0839 e. The van der Waals surface area contributed by atoms with Crippen LogP contribution in [0.3, 0.4) is 0 Å². The summed E-state index contributed by atoms with van der Waals surface area (Å²) in [5, 5.41) is 0. The Kier molecular flexibility index (Phi) is 2.31. The fourth-order valence-electron chi connectivity index (χ4n) is 1.76. The average Bonchev–Trinajstić information content (AvgIpc) is 2.14. The average molecular weight is 170 g/mol. The maximum absolute atomic E-state index is 2.28. The van der Waals surface area contributed by atoms with Gasteiger partial charge in [0.1, 0.15) is 0 Å². The van der Waals surface area contributed by atoms with Gasteiger partial charge in [-0.1, -0.05) is 55.5 Å². The standard InChI is InChI=1S/C13H14/c1-11-7-3-2-4-8-12-9-5-6-10-13(11)12/h2-6,8-11H,7H2,1H3. The monoisotopic (exact) mass is 170 g/mol. The smallest absolute Gasteiger partial charge is 0.0150 e. The van der Waals surface area contributed by atoms with Crippen LogP contribution in [0.1, 0.15) is 30.4 Å². The van der Waals surface area contributed by atoms with E-state index < -0.39 is 0 Å². The third-order valence-corrected chi connectivity index (χ3v) is 2.54. The van der Waals surface area contributed by atoms with E-state index in [1.54, 1.807) is 0 Å². The molecule has 1 aliphatic carbocycles. The summed E-state index contributed by atoms with van der Waals surface area (Å²) in [4.78, 5) is 0. The minimum Gasteiger partial charge on any atom is -0.0839 e. The zero-order valence-corrected chi connectivity index (χ0v) is 7.90. The summed E-state index contributed by atoms with van der Waals surface area (Å²) in [5.74, 6) is 0.636. The molecule has 0 N–H and O–H groups in total. The van der Waals surface area contributed by atoms with E-state index in [0.29, 0.717) is 5.92 Å². The van der Waals surface area contributed by atoms with E-state index in [4.69, 9.17) is 0 Å². The van der Waals surface area contributed by atoms with Crippen molar-refractivity contribution in [3.63, 3.8) is 0 Å². The molecule has 13 heavy (non-hydrogen) atoms. The van der Waals surface area contributed by atoms with Gasteiger partial charge in [0, 0.05) is 0 Å². The van der Waals surface area contributed by atoms with Gasteiger partial charge in [0.25, 0.3) is 0 Å². The van der Waals surface area contributed by atoms with Crippen LogP contribution in [-0.2, 0) is 0 Å². The molecular weight excluding hydrogens is 156 g/mol. The van der Waals surface area contributed by atoms with Crippen LogP contribution in [0.25, 0.3) is 6.08 Å². The van der Waals surface area contributed by atoms with Gasteiger partial charge in [-0.25, -0.2) is 0 Å². The molecule has 0 radical (unpaired) electrons. The van der Waals surface area contributed by atoms with Crippen molar-refractivity contribution in [2.24, 2.45) is 0 Å². The van der Waals surface area contributed by atoms with E-state index in [1.165, 1.54) is 11.1 Å². The van der Waals surface area contributed by atoms with Crippen LogP contribution in [0.2, 0.25) is 0 Å². The molecule has 0 fully saturated rings. The minimum atomic E-state index is 0.636. The first-order valence-electron chi connectivity index (χ1n) is 4.80. The summed E-state index contributed by atoms with van der Waals surface area (Å²) < 4.78 is 0. The third kappa shape index (κ3) is 1.72. The fraction of sp³-hybridized carbons (Fsp3) is 0.231. The zero-order chi connectivity index (χ0) is 9.10. The summed E-state index contributed by atoms with van der Waals surface area (Å²) in [5.41, 5.74) is 2.82. The summed E-state index contributed by atoms with van der Waals surface area (Å²) in [6.07, 6.45) is 9.80. The molecule has 0 nitrogen and oxygen atoms in total. The van der Waals surface area contributed by atoms with Gasteiger partial charge in [0.15, 0.2) is 0 Å². The molecular formula is C13H14. The van der Waals surface area contributed by atoms with E-state index in [0.717, 1.165) is 6.42 Å². The van der Waals surface area contributed by atoms with Crippen LogP contribution in [0.4, 0.5) is 0 Å². The van der Waals surface area contributed by atoms with Crippen molar-refractivity contribution in [2.45, 2.75) is 19.3 Å². The van der Waals surface area contributed by atoms with Gasteiger partial charge < -0.3 is 0 Å². The van der Waals surface area contributed by atoms with Gasteiger partial charge in [-0.15, -0.1) is 0 Å². The highest BCUT2D eigenvalue weighted by Gasteiger charge is 2.07. The Hall–Kier alpha value is -1.30. The van der Waals surface area contributed by atoms with Crippen molar-refractivity contribution < 1.29 is 0 Å². The zero-order valence-electron chi connectivity index (χ0n) is 7.90. The van der Waals surface area contributed by atoms with Gasteiger partial charge in [0.2, 0.25) is 0 Å². The SMILES string of the molecule is CC1CC=CC=Cc2ccccc21. The lowest BCUT2D eigenvalue weighted by atomic mass is 9.91. The molecule has 1 aromatic carbocycles. The van der Waals surface area contributed by atoms with Gasteiger partial charge in [-0.3, -0.25) is 0 Å². The van der Waals surface area contributed by atoms with E-state index >= 15 is 0 Å². The molecule has 0 saturated carbocycles.